The molecule has 2 rings (SSSR count). The Morgan fingerprint density at radius 2 is 2.11 bits per heavy atom. The topological polar surface area (TPSA) is 89.3 Å². The minimum Gasteiger partial charge on any atom is -0.349 e. The number of hydrogen-bond acceptors (Lipinski definition) is 3. The smallest absolute Gasteiger partial charge is 0.251 e. The molecule has 0 aliphatic heterocycles. The van der Waals surface area contributed by atoms with Gasteiger partial charge in [0.1, 0.15) is 0 Å². The van der Waals surface area contributed by atoms with Crippen LogP contribution in [-0.2, 0) is 16.4 Å². The Labute approximate surface area is 106 Å². The fraction of sp³-hybridized carbons (Fsp3) is 0.417. The molecule has 1 aromatic carbocycles. The second kappa shape index (κ2) is 4.70. The maximum Gasteiger partial charge on any atom is 0.251 e. The SMILES string of the molecule is CCc1ccc(S(N)(=O)=O)cc1C(=O)NC1CC1. The third kappa shape index (κ3) is 2.88. The second-order valence-corrected chi connectivity index (χ2v) is 6.03. The van der Waals surface area contributed by atoms with E-state index in [1.54, 1.807) is 6.07 Å². The van der Waals surface area contributed by atoms with Crippen molar-refractivity contribution in [1.82, 2.24) is 5.32 Å². The first kappa shape index (κ1) is 13.0. The highest BCUT2D eigenvalue weighted by Crippen LogP contribution is 2.21. The minimum absolute atomic E-state index is 0.0272. The van der Waals surface area contributed by atoms with Crippen molar-refractivity contribution in [3.63, 3.8) is 0 Å². The number of nitrogens with two attached hydrogens (primary N) is 1. The van der Waals surface area contributed by atoms with Gasteiger partial charge in [0.05, 0.1) is 4.90 Å². The first-order chi connectivity index (χ1) is 8.41. The Balaban J connectivity index is 2.38. The van der Waals surface area contributed by atoms with Crippen LogP contribution in [0.5, 0.6) is 0 Å². The van der Waals surface area contributed by atoms with Crippen LogP contribution in [0.3, 0.4) is 0 Å². The molecule has 0 radical (unpaired) electrons. The summed E-state index contributed by atoms with van der Waals surface area (Å²) in [5, 5.41) is 7.92. The molecule has 0 aromatic heterocycles. The van der Waals surface area contributed by atoms with Gasteiger partial charge in [0.15, 0.2) is 0 Å². The highest BCUT2D eigenvalue weighted by Gasteiger charge is 2.25. The van der Waals surface area contributed by atoms with E-state index in [-0.39, 0.29) is 16.8 Å². The number of carbonyl (C=O) groups excluding carboxylic acids is 1. The molecule has 0 unspecified atom stereocenters. The molecule has 1 amide bonds. The van der Waals surface area contributed by atoms with Gasteiger partial charge in [0.25, 0.3) is 5.91 Å². The number of carbonyl (C=O) groups is 1. The quantitative estimate of drug-likeness (QED) is 0.846. The van der Waals surface area contributed by atoms with Crippen molar-refractivity contribution in [2.24, 2.45) is 5.14 Å². The third-order valence-corrected chi connectivity index (χ3v) is 3.86. The molecule has 5 nitrogen and oxygen atoms in total. The fourth-order valence-electron chi connectivity index (χ4n) is 1.74. The third-order valence-electron chi connectivity index (χ3n) is 2.95. The van der Waals surface area contributed by atoms with Gasteiger partial charge in [-0.3, -0.25) is 4.79 Å². The molecule has 3 N–H and O–H groups in total. The summed E-state index contributed by atoms with van der Waals surface area (Å²) in [4.78, 5) is 12.0. The highest BCUT2D eigenvalue weighted by atomic mass is 32.2. The monoisotopic (exact) mass is 268 g/mol. The van der Waals surface area contributed by atoms with E-state index in [0.29, 0.717) is 12.0 Å². The van der Waals surface area contributed by atoms with Crippen LogP contribution >= 0.6 is 0 Å². The molecule has 1 fully saturated rings. The number of amides is 1. The molecule has 1 aliphatic carbocycles. The zero-order valence-electron chi connectivity index (χ0n) is 10.1. The van der Waals surface area contributed by atoms with Gasteiger partial charge in [0, 0.05) is 11.6 Å². The predicted octanol–water partition coefficient (Wildman–Crippen LogP) is 0.789. The summed E-state index contributed by atoms with van der Waals surface area (Å²) < 4.78 is 22.6. The zero-order chi connectivity index (χ0) is 13.3. The van der Waals surface area contributed by atoms with Crippen LogP contribution in [0.15, 0.2) is 23.1 Å². The van der Waals surface area contributed by atoms with Crippen molar-refractivity contribution in [3.05, 3.63) is 29.3 Å². The standard InChI is InChI=1S/C12H16N2O3S/c1-2-8-3-6-10(18(13,16)17)7-11(8)12(15)14-9-4-5-9/h3,6-7,9H,2,4-5H2,1H3,(H,14,15)(H2,13,16,17). The Kier molecular flexibility index (Phi) is 3.41. The number of rotatable bonds is 4. The molecule has 0 saturated heterocycles. The number of nitrogens with one attached hydrogen (secondary N) is 1. The van der Waals surface area contributed by atoms with E-state index in [1.807, 2.05) is 6.92 Å². The summed E-state index contributed by atoms with van der Waals surface area (Å²) in [6, 6.07) is 4.66. The van der Waals surface area contributed by atoms with Crippen LogP contribution in [-0.4, -0.2) is 20.4 Å². The van der Waals surface area contributed by atoms with Gasteiger partial charge >= 0.3 is 0 Å². The molecule has 18 heavy (non-hydrogen) atoms. The lowest BCUT2D eigenvalue weighted by Gasteiger charge is -2.10. The van der Waals surface area contributed by atoms with Crippen LogP contribution in [0.25, 0.3) is 0 Å². The van der Waals surface area contributed by atoms with Crippen molar-refractivity contribution in [3.8, 4) is 0 Å². The van der Waals surface area contributed by atoms with Crippen LogP contribution in [0.4, 0.5) is 0 Å². The fourth-order valence-corrected chi connectivity index (χ4v) is 2.28. The van der Waals surface area contributed by atoms with E-state index < -0.39 is 10.0 Å². The second-order valence-electron chi connectivity index (χ2n) is 4.47. The van der Waals surface area contributed by atoms with Gasteiger partial charge < -0.3 is 5.32 Å². The summed E-state index contributed by atoms with van der Waals surface area (Å²) in [5.41, 5.74) is 1.22. The van der Waals surface area contributed by atoms with Crippen molar-refractivity contribution >= 4 is 15.9 Å². The van der Waals surface area contributed by atoms with Gasteiger partial charge in [0.2, 0.25) is 10.0 Å². The molecule has 0 heterocycles. The molecule has 1 aromatic rings. The van der Waals surface area contributed by atoms with E-state index >= 15 is 0 Å². The van der Waals surface area contributed by atoms with Crippen LogP contribution in [0, 0.1) is 0 Å². The molecule has 6 heteroatoms. The van der Waals surface area contributed by atoms with Crippen molar-refractivity contribution in [2.45, 2.75) is 37.1 Å². The summed E-state index contributed by atoms with van der Waals surface area (Å²) in [6.45, 7) is 1.92. The Hall–Kier alpha value is -1.40. The molecule has 0 spiro atoms. The largest absolute Gasteiger partial charge is 0.349 e. The summed E-state index contributed by atoms with van der Waals surface area (Å²) in [6.07, 6.45) is 2.64. The van der Waals surface area contributed by atoms with E-state index in [0.717, 1.165) is 18.4 Å². The Morgan fingerprint density at radius 3 is 2.61 bits per heavy atom. The van der Waals surface area contributed by atoms with Crippen molar-refractivity contribution < 1.29 is 13.2 Å². The lowest BCUT2D eigenvalue weighted by Crippen LogP contribution is -2.27. The number of sulfonamides is 1. The molecular formula is C12H16N2O3S. The molecule has 1 saturated carbocycles. The van der Waals surface area contributed by atoms with E-state index in [2.05, 4.69) is 5.32 Å². The average Bonchev–Trinajstić information content (AvgIpc) is 3.10. The maximum absolute atomic E-state index is 12.0. The van der Waals surface area contributed by atoms with Crippen molar-refractivity contribution in [2.75, 3.05) is 0 Å². The molecule has 0 bridgehead atoms. The van der Waals surface area contributed by atoms with Crippen LogP contribution in [0.1, 0.15) is 35.7 Å². The van der Waals surface area contributed by atoms with Gasteiger partial charge in [-0.2, -0.15) is 0 Å². The normalized spacial score (nSPS) is 15.4. The molecule has 98 valence electrons. The van der Waals surface area contributed by atoms with Crippen LogP contribution < -0.4 is 10.5 Å². The maximum atomic E-state index is 12.0. The van der Waals surface area contributed by atoms with E-state index in [9.17, 15) is 13.2 Å². The number of primary sulfonamides is 1. The molecular weight excluding hydrogens is 252 g/mol. The number of benzene rings is 1. The first-order valence-electron chi connectivity index (χ1n) is 5.88. The van der Waals surface area contributed by atoms with Gasteiger partial charge in [-0.1, -0.05) is 13.0 Å². The molecule has 0 atom stereocenters. The number of hydrogen-bond donors (Lipinski definition) is 2. The summed E-state index contributed by atoms with van der Waals surface area (Å²) in [5.74, 6) is -0.222. The minimum atomic E-state index is -3.78. The average molecular weight is 268 g/mol. The Bertz CT molecular complexity index is 577. The lowest BCUT2D eigenvalue weighted by atomic mass is 10.0. The van der Waals surface area contributed by atoms with E-state index in [1.165, 1.54) is 12.1 Å². The highest BCUT2D eigenvalue weighted by molar-refractivity contribution is 7.89. The van der Waals surface area contributed by atoms with E-state index in [4.69, 9.17) is 5.14 Å². The molecule has 1 aliphatic rings. The van der Waals surface area contributed by atoms with Crippen LogP contribution in [0.2, 0.25) is 0 Å². The predicted molar refractivity (Wildman–Crippen MR) is 67.7 cm³/mol. The first-order valence-corrected chi connectivity index (χ1v) is 7.43. The lowest BCUT2D eigenvalue weighted by molar-refractivity contribution is 0.0950. The number of aryl methyl sites for hydroxylation is 1. The zero-order valence-corrected chi connectivity index (χ0v) is 11.0. The Morgan fingerprint density at radius 1 is 1.44 bits per heavy atom. The van der Waals surface area contributed by atoms with Gasteiger partial charge in [-0.05, 0) is 37.0 Å². The summed E-state index contributed by atoms with van der Waals surface area (Å²) in [7, 11) is -3.78. The van der Waals surface area contributed by atoms with Gasteiger partial charge in [-0.15, -0.1) is 0 Å². The summed E-state index contributed by atoms with van der Waals surface area (Å²) >= 11 is 0. The van der Waals surface area contributed by atoms with Crippen molar-refractivity contribution in [1.29, 1.82) is 0 Å². The van der Waals surface area contributed by atoms with Gasteiger partial charge in [-0.25, -0.2) is 13.6 Å².